The molecule has 0 aliphatic heterocycles. The summed E-state index contributed by atoms with van der Waals surface area (Å²) in [6, 6.07) is 8.69. The summed E-state index contributed by atoms with van der Waals surface area (Å²) >= 11 is 0. The summed E-state index contributed by atoms with van der Waals surface area (Å²) < 4.78 is 0. The van der Waals surface area contributed by atoms with Crippen molar-refractivity contribution in [3.63, 3.8) is 0 Å². The number of benzene rings is 1. The number of rotatable bonds is 2. The van der Waals surface area contributed by atoms with Gasteiger partial charge in [-0.15, -0.1) is 0 Å². The summed E-state index contributed by atoms with van der Waals surface area (Å²) in [6.45, 7) is 4.20. The van der Waals surface area contributed by atoms with Crippen LogP contribution in [-0.4, -0.2) is 0 Å². The van der Waals surface area contributed by atoms with E-state index in [2.05, 4.69) is 38.1 Å². The quantitative estimate of drug-likeness (QED) is 0.781. The molecule has 1 aromatic rings. The first-order chi connectivity index (χ1) is 7.09. The van der Waals surface area contributed by atoms with Crippen molar-refractivity contribution in [2.24, 2.45) is 5.73 Å². The first-order valence-corrected chi connectivity index (χ1v) is 5.97. The van der Waals surface area contributed by atoms with Crippen molar-refractivity contribution in [1.82, 2.24) is 0 Å². The molecule has 1 saturated carbocycles. The molecule has 1 nitrogen and oxygen atoms in total. The summed E-state index contributed by atoms with van der Waals surface area (Å²) in [6.07, 6.45) is 5.44. The number of nitrogens with two attached hydrogens (primary N) is 1. The lowest BCUT2D eigenvalue weighted by atomic mass is 9.84. The number of hydrogen-bond acceptors (Lipinski definition) is 1. The van der Waals surface area contributed by atoms with E-state index in [-0.39, 0.29) is 5.54 Å². The average molecular weight is 203 g/mol. The predicted molar refractivity (Wildman–Crippen MR) is 64.9 cm³/mol. The van der Waals surface area contributed by atoms with E-state index in [4.69, 9.17) is 5.73 Å². The summed E-state index contributed by atoms with van der Waals surface area (Å²) in [4.78, 5) is 0. The van der Waals surface area contributed by atoms with E-state index >= 15 is 0 Å². The van der Waals surface area contributed by atoms with Gasteiger partial charge in [0, 0.05) is 5.54 Å². The van der Waals surface area contributed by atoms with E-state index in [9.17, 15) is 0 Å². The van der Waals surface area contributed by atoms with Crippen molar-refractivity contribution in [1.29, 1.82) is 0 Å². The van der Waals surface area contributed by atoms with Gasteiger partial charge < -0.3 is 5.73 Å². The Hall–Kier alpha value is -0.820. The highest BCUT2D eigenvalue weighted by atomic mass is 14.7. The van der Waals surface area contributed by atoms with Crippen molar-refractivity contribution >= 4 is 0 Å². The molecular weight excluding hydrogens is 182 g/mol. The van der Waals surface area contributed by atoms with Gasteiger partial charge in [-0.3, -0.25) is 0 Å². The van der Waals surface area contributed by atoms with Gasteiger partial charge in [0.05, 0.1) is 0 Å². The Balaban J connectivity index is 2.37. The lowest BCUT2D eigenvalue weighted by Gasteiger charge is -2.25. The van der Waals surface area contributed by atoms with Crippen LogP contribution >= 0.6 is 0 Å². The minimum Gasteiger partial charge on any atom is -0.322 e. The molecule has 0 bridgehead atoms. The van der Waals surface area contributed by atoms with Crippen LogP contribution in [0.4, 0.5) is 0 Å². The van der Waals surface area contributed by atoms with Gasteiger partial charge in [0.2, 0.25) is 0 Å². The van der Waals surface area contributed by atoms with E-state index < -0.39 is 0 Å². The number of hydrogen-bond donors (Lipinski definition) is 1. The Labute approximate surface area is 92.7 Å². The van der Waals surface area contributed by atoms with Gasteiger partial charge >= 0.3 is 0 Å². The summed E-state index contributed by atoms with van der Waals surface area (Å²) in [5.41, 5.74) is 8.83. The van der Waals surface area contributed by atoms with Crippen molar-refractivity contribution in [3.8, 4) is 0 Å². The first-order valence-electron chi connectivity index (χ1n) is 5.97. The Kier molecular flexibility index (Phi) is 2.83. The van der Waals surface area contributed by atoms with E-state index in [1.807, 2.05) is 0 Å². The second-order valence-corrected chi connectivity index (χ2v) is 5.29. The van der Waals surface area contributed by atoms with Gasteiger partial charge in [0.1, 0.15) is 0 Å². The largest absolute Gasteiger partial charge is 0.322 e. The normalized spacial score (nSPS) is 18.3. The van der Waals surface area contributed by atoms with Gasteiger partial charge in [-0.1, -0.05) is 37.1 Å². The Morgan fingerprint density at radius 1 is 1.13 bits per heavy atom. The molecule has 1 fully saturated rings. The molecule has 0 saturated heterocycles. The van der Waals surface area contributed by atoms with Crippen LogP contribution in [-0.2, 0) is 5.54 Å². The van der Waals surface area contributed by atoms with Crippen LogP contribution in [0, 0.1) is 0 Å². The summed E-state index contributed by atoms with van der Waals surface area (Å²) in [5, 5.41) is 0. The van der Waals surface area contributed by atoms with Crippen molar-refractivity contribution < 1.29 is 0 Å². The molecule has 0 heterocycles. The zero-order valence-corrected chi connectivity index (χ0v) is 9.79. The smallest absolute Gasteiger partial charge is 0.0355 e. The van der Waals surface area contributed by atoms with Crippen molar-refractivity contribution in [2.75, 3.05) is 0 Å². The van der Waals surface area contributed by atoms with Crippen LogP contribution in [0.25, 0.3) is 0 Å². The van der Waals surface area contributed by atoms with E-state index in [0.717, 1.165) is 5.92 Å². The molecule has 0 unspecified atom stereocenters. The molecule has 0 atom stereocenters. The van der Waals surface area contributed by atoms with Gasteiger partial charge in [0.25, 0.3) is 0 Å². The monoisotopic (exact) mass is 203 g/mol. The van der Waals surface area contributed by atoms with Crippen LogP contribution in [0.5, 0.6) is 0 Å². The van der Waals surface area contributed by atoms with Crippen LogP contribution in [0.15, 0.2) is 24.3 Å². The Bertz CT molecular complexity index is 329. The minimum absolute atomic E-state index is 0.209. The van der Waals surface area contributed by atoms with E-state index in [0.29, 0.717) is 0 Å². The van der Waals surface area contributed by atoms with Crippen LogP contribution in [0.1, 0.15) is 56.6 Å². The maximum absolute atomic E-state index is 6.23. The second kappa shape index (κ2) is 3.97. The minimum atomic E-state index is -0.209. The summed E-state index contributed by atoms with van der Waals surface area (Å²) in [7, 11) is 0. The van der Waals surface area contributed by atoms with Crippen LogP contribution in [0.3, 0.4) is 0 Å². The molecule has 82 valence electrons. The van der Waals surface area contributed by atoms with Crippen molar-refractivity contribution in [3.05, 3.63) is 35.4 Å². The molecule has 1 aliphatic carbocycles. The molecule has 1 aromatic carbocycles. The van der Waals surface area contributed by atoms with E-state index in [1.54, 1.807) is 0 Å². The molecule has 2 rings (SSSR count). The fourth-order valence-corrected chi connectivity index (χ4v) is 2.68. The maximum Gasteiger partial charge on any atom is 0.0355 e. The topological polar surface area (TPSA) is 26.0 Å². The van der Waals surface area contributed by atoms with Crippen LogP contribution in [0.2, 0.25) is 0 Å². The van der Waals surface area contributed by atoms with Crippen molar-refractivity contribution in [2.45, 2.75) is 51.0 Å². The van der Waals surface area contributed by atoms with Crippen LogP contribution < -0.4 is 5.73 Å². The molecule has 1 heteroatoms. The first kappa shape index (κ1) is 10.7. The van der Waals surface area contributed by atoms with Gasteiger partial charge in [-0.2, -0.15) is 0 Å². The fourth-order valence-electron chi connectivity index (χ4n) is 2.68. The molecule has 0 amide bonds. The lowest BCUT2D eigenvalue weighted by Crippen LogP contribution is -2.30. The van der Waals surface area contributed by atoms with E-state index in [1.165, 1.54) is 36.8 Å². The highest BCUT2D eigenvalue weighted by Gasteiger charge is 2.24. The molecule has 0 radical (unpaired) electrons. The van der Waals surface area contributed by atoms with Gasteiger partial charge in [-0.25, -0.2) is 0 Å². The second-order valence-electron chi connectivity index (χ2n) is 5.29. The third-order valence-corrected chi connectivity index (χ3v) is 3.45. The maximum atomic E-state index is 6.23. The third-order valence-electron chi connectivity index (χ3n) is 3.45. The predicted octanol–water partition coefficient (Wildman–Crippen LogP) is 3.54. The molecule has 15 heavy (non-hydrogen) atoms. The van der Waals surface area contributed by atoms with Gasteiger partial charge in [-0.05, 0) is 43.7 Å². The molecule has 0 aromatic heterocycles. The fraction of sp³-hybridized carbons (Fsp3) is 0.571. The molecule has 2 N–H and O–H groups in total. The zero-order valence-electron chi connectivity index (χ0n) is 9.79. The molecular formula is C14H21N. The Morgan fingerprint density at radius 3 is 2.33 bits per heavy atom. The Morgan fingerprint density at radius 2 is 1.73 bits per heavy atom. The third kappa shape index (κ3) is 2.23. The SMILES string of the molecule is CC(C)(N)c1ccccc1C1CCCC1. The molecule has 1 aliphatic rings. The highest BCUT2D eigenvalue weighted by Crippen LogP contribution is 2.37. The average Bonchev–Trinajstić information content (AvgIpc) is 2.69. The summed E-state index contributed by atoms with van der Waals surface area (Å²) in [5.74, 6) is 0.754. The lowest BCUT2D eigenvalue weighted by molar-refractivity contribution is 0.538. The molecule has 0 spiro atoms. The highest BCUT2D eigenvalue weighted by molar-refractivity contribution is 5.35. The zero-order chi connectivity index (χ0) is 10.9. The standard InChI is InChI=1S/C14H21N/c1-14(2,15)13-10-6-5-9-12(13)11-7-3-4-8-11/h5-6,9-11H,3-4,7-8,15H2,1-2H3. The van der Waals surface area contributed by atoms with Gasteiger partial charge in [0.15, 0.2) is 0 Å².